The van der Waals surface area contributed by atoms with Gasteiger partial charge in [0, 0.05) is 19.0 Å². The Morgan fingerprint density at radius 3 is 2.62 bits per heavy atom. The second-order valence-electron chi connectivity index (χ2n) is 4.17. The van der Waals surface area contributed by atoms with E-state index in [4.69, 9.17) is 11.1 Å². The van der Waals surface area contributed by atoms with Crippen molar-refractivity contribution in [1.82, 2.24) is 4.90 Å². The van der Waals surface area contributed by atoms with Crippen LogP contribution in [0.1, 0.15) is 32.6 Å². The number of rotatable bonds is 6. The quantitative estimate of drug-likeness (QED) is 0.483. The van der Waals surface area contributed by atoms with Crippen LogP contribution in [0, 0.1) is 11.3 Å². The topological polar surface area (TPSA) is 53.1 Å². The Hall–Kier alpha value is -0.570. The highest BCUT2D eigenvalue weighted by atomic mass is 15.1. The molecule has 0 aromatic carbocycles. The largest absolute Gasteiger partial charge is 0.388 e. The molecular weight excluding hydrogens is 162 g/mol. The summed E-state index contributed by atoms with van der Waals surface area (Å²) in [4.78, 5) is 2.36. The van der Waals surface area contributed by atoms with Crippen LogP contribution in [0.15, 0.2) is 0 Å². The molecule has 76 valence electrons. The Bertz CT molecular complexity index is 175. The minimum Gasteiger partial charge on any atom is -0.388 e. The molecule has 1 atom stereocenters. The maximum Gasteiger partial charge on any atom is 0.0921 e. The molecular formula is C10H21N3. The van der Waals surface area contributed by atoms with Crippen LogP contribution >= 0.6 is 0 Å². The van der Waals surface area contributed by atoms with Gasteiger partial charge in [0.2, 0.25) is 0 Å². The summed E-state index contributed by atoms with van der Waals surface area (Å²) in [5.41, 5.74) is 5.41. The van der Waals surface area contributed by atoms with Crippen molar-refractivity contribution in [2.75, 3.05) is 13.6 Å². The molecule has 3 heteroatoms. The standard InChI is InChI=1S/C10H21N3/c1-3-9(6-10(11)12)13(2)7-8-4-5-8/h8-9H,3-7H2,1-2H3,(H3,11,12). The zero-order chi connectivity index (χ0) is 9.84. The average molecular weight is 183 g/mol. The van der Waals surface area contributed by atoms with Crippen molar-refractivity contribution in [2.45, 2.75) is 38.6 Å². The SMILES string of the molecule is CCC(CC(=N)N)N(C)CC1CC1. The van der Waals surface area contributed by atoms with Gasteiger partial charge in [0.15, 0.2) is 0 Å². The van der Waals surface area contributed by atoms with E-state index in [0.717, 1.165) is 18.8 Å². The molecule has 0 saturated heterocycles. The lowest BCUT2D eigenvalue weighted by atomic mass is 10.1. The minimum atomic E-state index is 0.314. The van der Waals surface area contributed by atoms with Gasteiger partial charge in [-0.25, -0.2) is 0 Å². The van der Waals surface area contributed by atoms with Gasteiger partial charge in [-0.2, -0.15) is 0 Å². The fraction of sp³-hybridized carbons (Fsp3) is 0.900. The summed E-state index contributed by atoms with van der Waals surface area (Å²) in [5.74, 6) is 1.24. The molecule has 1 aliphatic rings. The molecule has 3 nitrogen and oxygen atoms in total. The number of amidine groups is 1. The van der Waals surface area contributed by atoms with Crippen molar-refractivity contribution in [2.24, 2.45) is 11.7 Å². The van der Waals surface area contributed by atoms with E-state index < -0.39 is 0 Å². The first-order valence-corrected chi connectivity index (χ1v) is 5.16. The average Bonchev–Trinajstić information content (AvgIpc) is 2.83. The van der Waals surface area contributed by atoms with Gasteiger partial charge in [-0.3, -0.25) is 5.41 Å². The Labute approximate surface area is 80.8 Å². The third-order valence-corrected chi connectivity index (χ3v) is 2.79. The molecule has 13 heavy (non-hydrogen) atoms. The minimum absolute atomic E-state index is 0.314. The van der Waals surface area contributed by atoms with Crippen LogP contribution in [0.3, 0.4) is 0 Å². The third-order valence-electron chi connectivity index (χ3n) is 2.79. The summed E-state index contributed by atoms with van der Waals surface area (Å²) < 4.78 is 0. The van der Waals surface area contributed by atoms with E-state index in [1.807, 2.05) is 0 Å². The molecule has 0 aromatic heterocycles. The summed E-state index contributed by atoms with van der Waals surface area (Å²) in [6.45, 7) is 3.35. The molecule has 1 rings (SSSR count). The van der Waals surface area contributed by atoms with Crippen LogP contribution < -0.4 is 5.73 Å². The maximum absolute atomic E-state index is 7.27. The lowest BCUT2D eigenvalue weighted by Gasteiger charge is -2.26. The first-order valence-electron chi connectivity index (χ1n) is 5.16. The van der Waals surface area contributed by atoms with Gasteiger partial charge in [0.25, 0.3) is 0 Å². The number of nitrogens with zero attached hydrogens (tertiary/aromatic N) is 1. The molecule has 0 bridgehead atoms. The van der Waals surface area contributed by atoms with E-state index in [2.05, 4.69) is 18.9 Å². The smallest absolute Gasteiger partial charge is 0.0921 e. The van der Waals surface area contributed by atoms with Gasteiger partial charge in [-0.15, -0.1) is 0 Å². The Balaban J connectivity index is 2.29. The number of hydrogen-bond donors (Lipinski definition) is 2. The third kappa shape index (κ3) is 3.77. The molecule has 0 aromatic rings. The fourth-order valence-electron chi connectivity index (χ4n) is 1.72. The van der Waals surface area contributed by atoms with Crippen LogP contribution in [0.2, 0.25) is 0 Å². The highest BCUT2D eigenvalue weighted by Crippen LogP contribution is 2.30. The molecule has 0 radical (unpaired) electrons. The summed E-state index contributed by atoms with van der Waals surface area (Å²) in [7, 11) is 2.15. The van der Waals surface area contributed by atoms with Crippen molar-refractivity contribution in [3.8, 4) is 0 Å². The van der Waals surface area contributed by atoms with Crippen LogP contribution in [0.25, 0.3) is 0 Å². The molecule has 1 unspecified atom stereocenters. The Morgan fingerprint density at radius 2 is 2.23 bits per heavy atom. The Kier molecular flexibility index (Phi) is 3.72. The summed E-state index contributed by atoms with van der Waals surface area (Å²) >= 11 is 0. The lowest BCUT2D eigenvalue weighted by molar-refractivity contribution is 0.231. The van der Waals surface area contributed by atoms with E-state index in [1.165, 1.54) is 19.4 Å². The van der Waals surface area contributed by atoms with Crippen molar-refractivity contribution in [1.29, 1.82) is 5.41 Å². The van der Waals surface area contributed by atoms with E-state index in [1.54, 1.807) is 0 Å². The zero-order valence-corrected chi connectivity index (χ0v) is 8.71. The van der Waals surface area contributed by atoms with Gasteiger partial charge in [0.05, 0.1) is 5.84 Å². The fourth-order valence-corrected chi connectivity index (χ4v) is 1.72. The lowest BCUT2D eigenvalue weighted by Crippen LogP contribution is -2.36. The molecule has 1 aliphatic carbocycles. The molecule has 1 fully saturated rings. The monoisotopic (exact) mass is 183 g/mol. The highest BCUT2D eigenvalue weighted by Gasteiger charge is 2.25. The highest BCUT2D eigenvalue weighted by molar-refractivity contribution is 5.77. The van der Waals surface area contributed by atoms with Crippen molar-refractivity contribution in [3.63, 3.8) is 0 Å². The van der Waals surface area contributed by atoms with Crippen LogP contribution in [-0.2, 0) is 0 Å². The van der Waals surface area contributed by atoms with Gasteiger partial charge < -0.3 is 10.6 Å². The second kappa shape index (κ2) is 4.61. The van der Waals surface area contributed by atoms with E-state index >= 15 is 0 Å². The summed E-state index contributed by atoms with van der Waals surface area (Å²) in [6, 6.07) is 0.470. The predicted octanol–water partition coefficient (Wildman–Crippen LogP) is 1.43. The normalized spacial score (nSPS) is 19.0. The van der Waals surface area contributed by atoms with Crippen molar-refractivity contribution in [3.05, 3.63) is 0 Å². The van der Waals surface area contributed by atoms with Crippen LogP contribution in [0.5, 0.6) is 0 Å². The number of nitrogens with two attached hydrogens (primary N) is 1. The first-order chi connectivity index (χ1) is 6.13. The maximum atomic E-state index is 7.27. The predicted molar refractivity (Wildman–Crippen MR) is 56.0 cm³/mol. The first kappa shape index (κ1) is 10.5. The summed E-state index contributed by atoms with van der Waals surface area (Å²) in [5, 5.41) is 7.27. The van der Waals surface area contributed by atoms with Gasteiger partial charge in [0.1, 0.15) is 0 Å². The van der Waals surface area contributed by atoms with E-state index in [9.17, 15) is 0 Å². The Morgan fingerprint density at radius 1 is 1.62 bits per heavy atom. The van der Waals surface area contributed by atoms with Crippen molar-refractivity contribution >= 4 is 5.84 Å². The second-order valence-corrected chi connectivity index (χ2v) is 4.17. The van der Waals surface area contributed by atoms with Gasteiger partial charge in [-0.1, -0.05) is 6.92 Å². The summed E-state index contributed by atoms with van der Waals surface area (Å²) in [6.07, 6.45) is 4.59. The van der Waals surface area contributed by atoms with Crippen LogP contribution in [-0.4, -0.2) is 30.4 Å². The molecule has 3 N–H and O–H groups in total. The van der Waals surface area contributed by atoms with Gasteiger partial charge >= 0.3 is 0 Å². The molecule has 0 heterocycles. The van der Waals surface area contributed by atoms with Crippen LogP contribution in [0.4, 0.5) is 0 Å². The van der Waals surface area contributed by atoms with Gasteiger partial charge in [-0.05, 0) is 32.2 Å². The molecule has 0 aliphatic heterocycles. The number of hydrogen-bond acceptors (Lipinski definition) is 2. The van der Waals surface area contributed by atoms with E-state index in [0.29, 0.717) is 11.9 Å². The van der Waals surface area contributed by atoms with Crippen molar-refractivity contribution < 1.29 is 0 Å². The molecule has 1 saturated carbocycles. The molecule has 0 spiro atoms. The van der Waals surface area contributed by atoms with E-state index in [-0.39, 0.29) is 0 Å². The molecule has 0 amide bonds. The number of nitrogens with one attached hydrogen (secondary N) is 1. The zero-order valence-electron chi connectivity index (χ0n) is 8.71.